The second-order valence-corrected chi connectivity index (χ2v) is 5.61. The maximum absolute atomic E-state index is 5.46. The summed E-state index contributed by atoms with van der Waals surface area (Å²) in [6.07, 6.45) is 2.26. The molecule has 0 fully saturated rings. The fourth-order valence-electron chi connectivity index (χ4n) is 2.68. The van der Waals surface area contributed by atoms with Gasteiger partial charge in [0, 0.05) is 16.1 Å². The van der Waals surface area contributed by atoms with E-state index in [9.17, 15) is 0 Å². The lowest BCUT2D eigenvalue weighted by Gasteiger charge is -2.19. The molecule has 0 heterocycles. The van der Waals surface area contributed by atoms with Gasteiger partial charge in [-0.2, -0.15) is 0 Å². The van der Waals surface area contributed by atoms with E-state index in [4.69, 9.17) is 4.74 Å². The molecule has 2 rings (SSSR count). The lowest BCUT2D eigenvalue weighted by Crippen LogP contribution is -2.24. The minimum absolute atomic E-state index is 0.453. The lowest BCUT2D eigenvalue weighted by atomic mass is 10.0. The minimum Gasteiger partial charge on any atom is -0.496 e. The molecule has 0 bridgehead atoms. The Hall–Kier alpha value is -0.540. The Kier molecular flexibility index (Phi) is 4.10. The van der Waals surface area contributed by atoms with Gasteiger partial charge in [-0.05, 0) is 43.0 Å². The van der Waals surface area contributed by atoms with E-state index >= 15 is 0 Å². The third kappa shape index (κ3) is 2.36. The molecule has 2 nitrogen and oxygen atoms in total. The van der Waals surface area contributed by atoms with Gasteiger partial charge in [0.25, 0.3) is 0 Å². The predicted molar refractivity (Wildman–Crippen MR) is 74.6 cm³/mol. The molecule has 0 saturated carbocycles. The third-order valence-corrected chi connectivity index (χ3v) is 4.19. The second kappa shape index (κ2) is 5.40. The predicted octanol–water partition coefficient (Wildman–Crippen LogP) is 3.69. The summed E-state index contributed by atoms with van der Waals surface area (Å²) < 4.78 is 6.66. The van der Waals surface area contributed by atoms with Crippen molar-refractivity contribution in [2.75, 3.05) is 13.7 Å². The molecule has 0 saturated heterocycles. The van der Waals surface area contributed by atoms with E-state index in [1.807, 2.05) is 0 Å². The zero-order valence-corrected chi connectivity index (χ0v) is 12.3. The van der Waals surface area contributed by atoms with Crippen LogP contribution in [0.25, 0.3) is 0 Å². The van der Waals surface area contributed by atoms with Gasteiger partial charge in [-0.15, -0.1) is 0 Å². The van der Waals surface area contributed by atoms with Gasteiger partial charge < -0.3 is 10.1 Å². The average Bonchev–Trinajstić information content (AvgIpc) is 2.65. The molecule has 17 heavy (non-hydrogen) atoms. The Morgan fingerprint density at radius 3 is 2.88 bits per heavy atom. The smallest absolute Gasteiger partial charge is 0.122 e. The number of ether oxygens (including phenoxy) is 1. The molecule has 94 valence electrons. The number of hydrogen-bond donors (Lipinski definition) is 1. The summed E-state index contributed by atoms with van der Waals surface area (Å²) in [5.41, 5.74) is 2.76. The van der Waals surface area contributed by atoms with Gasteiger partial charge in [0.05, 0.1) is 7.11 Å². The number of benzene rings is 1. The van der Waals surface area contributed by atoms with Crippen LogP contribution in [0.15, 0.2) is 16.6 Å². The topological polar surface area (TPSA) is 21.3 Å². The Morgan fingerprint density at radius 1 is 1.47 bits per heavy atom. The van der Waals surface area contributed by atoms with E-state index in [1.165, 1.54) is 22.0 Å². The summed E-state index contributed by atoms with van der Waals surface area (Å²) in [5, 5.41) is 3.64. The van der Waals surface area contributed by atoms with E-state index in [1.54, 1.807) is 7.11 Å². The summed E-state index contributed by atoms with van der Waals surface area (Å²) in [6.45, 7) is 5.57. The van der Waals surface area contributed by atoms with E-state index in [0.717, 1.165) is 18.7 Å². The number of rotatable bonds is 4. The van der Waals surface area contributed by atoms with Crippen LogP contribution in [-0.2, 0) is 6.42 Å². The highest BCUT2D eigenvalue weighted by atomic mass is 79.9. The van der Waals surface area contributed by atoms with Crippen molar-refractivity contribution in [1.82, 2.24) is 5.32 Å². The zero-order valence-electron chi connectivity index (χ0n) is 10.7. The monoisotopic (exact) mass is 297 g/mol. The number of nitrogens with one attached hydrogen (secondary N) is 1. The van der Waals surface area contributed by atoms with E-state index in [0.29, 0.717) is 12.0 Å². The minimum atomic E-state index is 0.453. The lowest BCUT2D eigenvalue weighted by molar-refractivity contribution is 0.404. The van der Waals surface area contributed by atoms with Crippen molar-refractivity contribution in [1.29, 1.82) is 0 Å². The van der Waals surface area contributed by atoms with Crippen LogP contribution in [0.3, 0.4) is 0 Å². The highest BCUT2D eigenvalue weighted by Crippen LogP contribution is 2.44. The van der Waals surface area contributed by atoms with Crippen LogP contribution in [0.4, 0.5) is 0 Å². The van der Waals surface area contributed by atoms with Gasteiger partial charge in [-0.3, -0.25) is 0 Å². The first kappa shape index (κ1) is 12.9. The van der Waals surface area contributed by atoms with Gasteiger partial charge in [0.1, 0.15) is 5.75 Å². The van der Waals surface area contributed by atoms with E-state index in [2.05, 4.69) is 47.2 Å². The van der Waals surface area contributed by atoms with Crippen molar-refractivity contribution in [3.63, 3.8) is 0 Å². The molecular weight excluding hydrogens is 278 g/mol. The summed E-state index contributed by atoms with van der Waals surface area (Å²) in [7, 11) is 1.75. The number of halogens is 1. The third-order valence-electron chi connectivity index (χ3n) is 3.50. The second-order valence-electron chi connectivity index (χ2n) is 4.76. The Labute approximate surface area is 112 Å². The van der Waals surface area contributed by atoms with Crippen molar-refractivity contribution in [2.45, 2.75) is 32.7 Å². The molecule has 3 heteroatoms. The van der Waals surface area contributed by atoms with Crippen LogP contribution >= 0.6 is 15.9 Å². The fraction of sp³-hybridized carbons (Fsp3) is 0.571. The Bertz CT molecular complexity index is 405. The molecule has 1 aromatic rings. The first-order chi connectivity index (χ1) is 8.19. The summed E-state index contributed by atoms with van der Waals surface area (Å²) >= 11 is 3.67. The normalized spacial score (nSPS) is 22.6. The van der Waals surface area contributed by atoms with Crippen LogP contribution in [-0.4, -0.2) is 13.7 Å². The molecule has 2 unspecified atom stereocenters. The molecule has 0 radical (unpaired) electrons. The largest absolute Gasteiger partial charge is 0.496 e. The highest BCUT2D eigenvalue weighted by molar-refractivity contribution is 9.10. The van der Waals surface area contributed by atoms with Crippen LogP contribution in [0.5, 0.6) is 5.75 Å². The Balaban J connectivity index is 2.37. The van der Waals surface area contributed by atoms with Crippen molar-refractivity contribution in [3.05, 3.63) is 27.7 Å². The molecule has 1 aliphatic carbocycles. The van der Waals surface area contributed by atoms with E-state index < -0.39 is 0 Å². The molecule has 0 spiro atoms. The number of hydrogen-bond acceptors (Lipinski definition) is 2. The summed E-state index contributed by atoms with van der Waals surface area (Å²) in [4.78, 5) is 0. The number of fused-ring (bicyclic) bond motifs is 1. The van der Waals surface area contributed by atoms with Gasteiger partial charge in [-0.25, -0.2) is 0 Å². The maximum Gasteiger partial charge on any atom is 0.122 e. The van der Waals surface area contributed by atoms with Gasteiger partial charge in [0.2, 0.25) is 0 Å². The average molecular weight is 298 g/mol. The fourth-order valence-corrected chi connectivity index (χ4v) is 3.30. The highest BCUT2D eigenvalue weighted by Gasteiger charge is 2.32. The Morgan fingerprint density at radius 2 is 2.24 bits per heavy atom. The first-order valence-corrected chi connectivity index (χ1v) is 7.07. The van der Waals surface area contributed by atoms with Crippen LogP contribution in [0, 0.1) is 5.92 Å². The van der Waals surface area contributed by atoms with Gasteiger partial charge >= 0.3 is 0 Å². The molecule has 0 aliphatic heterocycles. The van der Waals surface area contributed by atoms with Crippen LogP contribution < -0.4 is 10.1 Å². The first-order valence-electron chi connectivity index (χ1n) is 6.27. The number of methoxy groups -OCH3 is 1. The van der Waals surface area contributed by atoms with Crippen molar-refractivity contribution in [3.8, 4) is 5.75 Å². The zero-order chi connectivity index (χ0) is 12.4. The van der Waals surface area contributed by atoms with Crippen molar-refractivity contribution < 1.29 is 4.74 Å². The molecular formula is C14H20BrNO. The van der Waals surface area contributed by atoms with Crippen molar-refractivity contribution >= 4 is 15.9 Å². The molecule has 2 atom stereocenters. The van der Waals surface area contributed by atoms with E-state index in [-0.39, 0.29) is 0 Å². The molecule has 0 aromatic heterocycles. The quantitative estimate of drug-likeness (QED) is 0.915. The summed E-state index contributed by atoms with van der Waals surface area (Å²) in [5.74, 6) is 1.65. The van der Waals surface area contributed by atoms with Crippen LogP contribution in [0.2, 0.25) is 0 Å². The standard InChI is InChI=1S/C14H20BrNO/c1-4-7-16-14-9(2)8-10-12(17-3)6-5-11(15)13(10)14/h5-6,9,14,16H,4,7-8H2,1-3H3. The van der Waals surface area contributed by atoms with Gasteiger partial charge in [-0.1, -0.05) is 29.8 Å². The summed E-state index contributed by atoms with van der Waals surface area (Å²) in [6, 6.07) is 4.60. The molecule has 1 aliphatic rings. The molecule has 0 amide bonds. The van der Waals surface area contributed by atoms with Crippen LogP contribution in [0.1, 0.15) is 37.4 Å². The SMILES string of the molecule is CCCNC1c2c(Br)ccc(OC)c2CC1C. The molecule has 1 N–H and O–H groups in total. The van der Waals surface area contributed by atoms with Crippen molar-refractivity contribution in [2.24, 2.45) is 5.92 Å². The van der Waals surface area contributed by atoms with Gasteiger partial charge in [0.15, 0.2) is 0 Å². The maximum atomic E-state index is 5.46. The molecule has 1 aromatic carbocycles.